The van der Waals surface area contributed by atoms with Crippen molar-refractivity contribution in [3.63, 3.8) is 0 Å². The van der Waals surface area contributed by atoms with Gasteiger partial charge >= 0.3 is 0 Å². The van der Waals surface area contributed by atoms with Gasteiger partial charge in [-0.15, -0.1) is 0 Å². The highest BCUT2D eigenvalue weighted by atomic mass is 79.9. The molecule has 2 aromatic carbocycles. The van der Waals surface area contributed by atoms with Gasteiger partial charge in [0.15, 0.2) is 5.11 Å². The van der Waals surface area contributed by atoms with Crippen LogP contribution in [0.3, 0.4) is 0 Å². The molecule has 3 heterocycles. The van der Waals surface area contributed by atoms with E-state index in [1.165, 1.54) is 12.1 Å². The minimum Gasteiger partial charge on any atom is -0.351 e. The maximum absolute atomic E-state index is 14.0. The number of halogens is 2. The van der Waals surface area contributed by atoms with Crippen LogP contribution in [-0.2, 0) is 0 Å². The number of hydrogen-bond donors (Lipinski definition) is 1. The van der Waals surface area contributed by atoms with E-state index in [0.29, 0.717) is 5.11 Å². The predicted octanol–water partition coefficient (Wildman–Crippen LogP) is 5.95. The quantitative estimate of drug-likeness (QED) is 0.356. The first kappa shape index (κ1) is 19.9. The first-order valence-electron chi connectivity index (χ1n) is 9.81. The van der Waals surface area contributed by atoms with Crippen LogP contribution in [0.2, 0.25) is 0 Å². The van der Waals surface area contributed by atoms with Gasteiger partial charge in [-0.3, -0.25) is 4.98 Å². The van der Waals surface area contributed by atoms with E-state index in [2.05, 4.69) is 31.1 Å². The summed E-state index contributed by atoms with van der Waals surface area (Å²) in [5.74, 6) is -0.275. The molecular weight excluding hydrogens is 475 g/mol. The van der Waals surface area contributed by atoms with E-state index in [9.17, 15) is 4.39 Å². The summed E-state index contributed by atoms with van der Waals surface area (Å²) in [6, 6.07) is 24.2. The molecule has 31 heavy (non-hydrogen) atoms. The molecule has 0 saturated carbocycles. The summed E-state index contributed by atoms with van der Waals surface area (Å²) in [6.07, 6.45) is 3.73. The lowest BCUT2D eigenvalue weighted by Gasteiger charge is -2.29. The van der Waals surface area contributed by atoms with Crippen molar-refractivity contribution in [3.05, 3.63) is 113 Å². The van der Waals surface area contributed by atoms with E-state index in [0.717, 1.165) is 27.2 Å². The van der Waals surface area contributed by atoms with Crippen LogP contribution in [0.5, 0.6) is 0 Å². The number of nitrogens with one attached hydrogen (secondary N) is 1. The summed E-state index contributed by atoms with van der Waals surface area (Å²) in [6.45, 7) is 0. The highest BCUT2D eigenvalue weighted by molar-refractivity contribution is 9.10. The average molecular weight is 493 g/mol. The van der Waals surface area contributed by atoms with E-state index < -0.39 is 0 Å². The summed E-state index contributed by atoms with van der Waals surface area (Å²) in [7, 11) is 0. The standard InChI is InChI=1S/C24H18BrFN4S/c25-16-9-11-18(12-10-16)30-23(22(28-24(30)31)20-7-1-2-13-27-20)21-8-4-14-29(21)19-6-3-5-17(26)15-19/h1-15,22-23H,(H,28,31)/t22-,23-/m1/s1. The number of nitrogens with zero attached hydrogens (tertiary/aromatic N) is 3. The fourth-order valence-electron chi connectivity index (χ4n) is 4.03. The average Bonchev–Trinajstić information content (AvgIpc) is 3.39. The Hall–Kier alpha value is -3.03. The third kappa shape index (κ3) is 3.75. The molecule has 7 heteroatoms. The Kier molecular flexibility index (Phi) is 5.29. The van der Waals surface area contributed by atoms with Crippen LogP contribution in [0.15, 0.2) is 95.7 Å². The maximum atomic E-state index is 14.0. The van der Waals surface area contributed by atoms with Crippen molar-refractivity contribution in [2.24, 2.45) is 0 Å². The summed E-state index contributed by atoms with van der Waals surface area (Å²) >= 11 is 9.27. The molecule has 1 saturated heterocycles. The third-order valence-electron chi connectivity index (χ3n) is 5.37. The zero-order valence-electron chi connectivity index (χ0n) is 16.3. The van der Waals surface area contributed by atoms with Crippen LogP contribution in [0.1, 0.15) is 23.5 Å². The lowest BCUT2D eigenvalue weighted by molar-refractivity contribution is 0.549. The summed E-state index contributed by atoms with van der Waals surface area (Å²) in [5.41, 5.74) is 3.60. The molecule has 4 nitrogen and oxygen atoms in total. The summed E-state index contributed by atoms with van der Waals surface area (Å²) < 4.78 is 17.0. The Morgan fingerprint density at radius 1 is 0.935 bits per heavy atom. The second kappa shape index (κ2) is 8.24. The minimum atomic E-state index is -0.275. The Morgan fingerprint density at radius 2 is 1.77 bits per heavy atom. The van der Waals surface area contributed by atoms with Crippen molar-refractivity contribution < 1.29 is 4.39 Å². The maximum Gasteiger partial charge on any atom is 0.174 e. The Bertz CT molecular complexity index is 1230. The first-order valence-corrected chi connectivity index (χ1v) is 11.0. The van der Waals surface area contributed by atoms with Gasteiger partial charge in [0.2, 0.25) is 0 Å². The van der Waals surface area contributed by atoms with Gasteiger partial charge in [0, 0.05) is 33.9 Å². The highest BCUT2D eigenvalue weighted by Gasteiger charge is 2.42. The molecule has 0 unspecified atom stereocenters. The van der Waals surface area contributed by atoms with E-state index in [4.69, 9.17) is 12.2 Å². The number of thiocarbonyl (C=S) groups is 1. The molecule has 5 rings (SSSR count). The molecule has 0 radical (unpaired) electrons. The molecule has 1 aliphatic heterocycles. The molecule has 2 aromatic heterocycles. The topological polar surface area (TPSA) is 33.1 Å². The first-order chi connectivity index (χ1) is 15.1. The molecule has 0 spiro atoms. The molecule has 4 aromatic rings. The van der Waals surface area contributed by atoms with E-state index in [-0.39, 0.29) is 17.9 Å². The predicted molar refractivity (Wildman–Crippen MR) is 128 cm³/mol. The van der Waals surface area contributed by atoms with Crippen molar-refractivity contribution in [2.75, 3.05) is 4.90 Å². The number of pyridine rings is 1. The van der Waals surface area contributed by atoms with Crippen molar-refractivity contribution in [1.82, 2.24) is 14.9 Å². The Balaban J connectivity index is 1.67. The van der Waals surface area contributed by atoms with Gasteiger partial charge in [-0.1, -0.05) is 28.1 Å². The number of anilines is 1. The molecule has 1 aliphatic rings. The van der Waals surface area contributed by atoms with Gasteiger partial charge in [-0.2, -0.15) is 0 Å². The third-order valence-corrected chi connectivity index (χ3v) is 6.22. The molecular formula is C24H18BrFN4S. The minimum absolute atomic E-state index is 0.167. The number of hydrogen-bond acceptors (Lipinski definition) is 2. The van der Waals surface area contributed by atoms with E-state index in [1.807, 2.05) is 71.4 Å². The second-order valence-electron chi connectivity index (χ2n) is 7.26. The molecule has 154 valence electrons. The lowest BCUT2D eigenvalue weighted by Crippen LogP contribution is -2.30. The second-order valence-corrected chi connectivity index (χ2v) is 8.56. The molecule has 2 atom stereocenters. The Morgan fingerprint density at radius 3 is 2.52 bits per heavy atom. The monoisotopic (exact) mass is 492 g/mol. The van der Waals surface area contributed by atoms with Crippen LogP contribution < -0.4 is 10.2 Å². The molecule has 1 fully saturated rings. The van der Waals surface area contributed by atoms with Crippen molar-refractivity contribution in [2.45, 2.75) is 12.1 Å². The summed E-state index contributed by atoms with van der Waals surface area (Å²) in [4.78, 5) is 6.69. The Labute approximate surface area is 193 Å². The van der Waals surface area contributed by atoms with Crippen molar-refractivity contribution in [1.29, 1.82) is 0 Å². The number of aromatic nitrogens is 2. The fraction of sp³-hybridized carbons (Fsp3) is 0.0833. The zero-order chi connectivity index (χ0) is 21.4. The molecule has 0 bridgehead atoms. The SMILES string of the molecule is Fc1cccc(-n2cccc2[C@@H]2[C@@H](c3ccccn3)NC(=S)N2c2ccc(Br)cc2)c1. The van der Waals surface area contributed by atoms with Crippen molar-refractivity contribution >= 4 is 38.9 Å². The molecule has 0 aliphatic carbocycles. The number of benzene rings is 2. The van der Waals surface area contributed by atoms with Gasteiger partial charge in [-0.25, -0.2) is 4.39 Å². The van der Waals surface area contributed by atoms with E-state index in [1.54, 1.807) is 12.3 Å². The van der Waals surface area contributed by atoms with Crippen molar-refractivity contribution in [3.8, 4) is 5.69 Å². The van der Waals surface area contributed by atoms with Crippen LogP contribution in [-0.4, -0.2) is 14.7 Å². The molecule has 0 amide bonds. The fourth-order valence-corrected chi connectivity index (χ4v) is 4.64. The van der Waals surface area contributed by atoms with Crippen LogP contribution in [0.25, 0.3) is 5.69 Å². The molecule has 1 N–H and O–H groups in total. The largest absolute Gasteiger partial charge is 0.351 e. The van der Waals surface area contributed by atoms with E-state index >= 15 is 0 Å². The summed E-state index contributed by atoms with van der Waals surface area (Å²) in [5, 5.41) is 4.08. The van der Waals surface area contributed by atoms with Crippen LogP contribution >= 0.6 is 28.1 Å². The van der Waals surface area contributed by atoms with Gasteiger partial charge in [0.25, 0.3) is 0 Å². The van der Waals surface area contributed by atoms with Gasteiger partial charge < -0.3 is 14.8 Å². The smallest absolute Gasteiger partial charge is 0.174 e. The number of rotatable bonds is 4. The normalized spacial score (nSPS) is 18.3. The van der Waals surface area contributed by atoms with Gasteiger partial charge in [-0.05, 0) is 78.9 Å². The van der Waals surface area contributed by atoms with Crippen LogP contribution in [0, 0.1) is 5.82 Å². The zero-order valence-corrected chi connectivity index (χ0v) is 18.7. The van der Waals surface area contributed by atoms with Gasteiger partial charge in [0.05, 0.1) is 11.7 Å². The van der Waals surface area contributed by atoms with Gasteiger partial charge in [0.1, 0.15) is 11.9 Å². The highest BCUT2D eigenvalue weighted by Crippen LogP contribution is 2.42. The lowest BCUT2D eigenvalue weighted by atomic mass is 10.0. The van der Waals surface area contributed by atoms with Crippen LogP contribution in [0.4, 0.5) is 10.1 Å².